The van der Waals surface area contributed by atoms with Crippen LogP contribution in [0.15, 0.2) is 22.7 Å². The zero-order valence-electron chi connectivity index (χ0n) is 14.8. The van der Waals surface area contributed by atoms with Crippen LogP contribution in [-0.4, -0.2) is 34.7 Å². The third kappa shape index (κ3) is 4.91. The van der Waals surface area contributed by atoms with Gasteiger partial charge >= 0.3 is 11.7 Å². The number of carbonyl (C=O) groups excluding carboxylic acids is 1. The van der Waals surface area contributed by atoms with E-state index >= 15 is 0 Å². The van der Waals surface area contributed by atoms with Gasteiger partial charge in [0.2, 0.25) is 5.75 Å². The standard InChI is InChI=1S/C16H19N3O7/c1-16(2,3)15-17-13(26-18-15)8-25-14(20)9-24-10-5-6-11(19(21)22)12(7-10)23-4/h5-7H,8-9H2,1-4H3. The summed E-state index contributed by atoms with van der Waals surface area (Å²) in [5.41, 5.74) is -0.474. The zero-order chi connectivity index (χ0) is 19.3. The number of esters is 1. The van der Waals surface area contributed by atoms with Crippen LogP contribution >= 0.6 is 0 Å². The van der Waals surface area contributed by atoms with Crippen molar-refractivity contribution in [2.45, 2.75) is 32.8 Å². The van der Waals surface area contributed by atoms with Crippen LogP contribution in [0.1, 0.15) is 32.5 Å². The molecule has 0 fully saturated rings. The fourth-order valence-electron chi connectivity index (χ4n) is 1.84. The SMILES string of the molecule is COc1cc(OCC(=O)OCc2nc(C(C)(C)C)no2)ccc1[N+](=O)[O-]. The van der Waals surface area contributed by atoms with Gasteiger partial charge in [0, 0.05) is 17.5 Å². The third-order valence-corrected chi connectivity index (χ3v) is 3.20. The number of benzene rings is 1. The lowest BCUT2D eigenvalue weighted by atomic mass is 9.96. The number of carbonyl (C=O) groups is 1. The maximum atomic E-state index is 11.7. The molecule has 2 aromatic rings. The fraction of sp³-hybridized carbons (Fsp3) is 0.438. The molecule has 0 radical (unpaired) electrons. The highest BCUT2D eigenvalue weighted by Gasteiger charge is 2.21. The summed E-state index contributed by atoms with van der Waals surface area (Å²) in [6.45, 7) is 5.23. The van der Waals surface area contributed by atoms with Crippen molar-refractivity contribution in [3.05, 3.63) is 40.0 Å². The molecule has 0 spiro atoms. The minimum atomic E-state index is -0.655. The summed E-state index contributed by atoms with van der Waals surface area (Å²) < 4.78 is 20.2. The lowest BCUT2D eigenvalue weighted by molar-refractivity contribution is -0.385. The van der Waals surface area contributed by atoms with Crippen LogP contribution in [0.25, 0.3) is 0 Å². The minimum absolute atomic E-state index is 0.0291. The second-order valence-electron chi connectivity index (χ2n) is 6.30. The third-order valence-electron chi connectivity index (χ3n) is 3.20. The summed E-state index contributed by atoms with van der Waals surface area (Å²) in [4.78, 5) is 26.1. The lowest BCUT2D eigenvalue weighted by Gasteiger charge is -2.10. The summed E-state index contributed by atoms with van der Waals surface area (Å²) in [5.74, 6) is 0.300. The number of nitro groups is 1. The van der Waals surface area contributed by atoms with Gasteiger partial charge in [-0.2, -0.15) is 4.98 Å². The number of nitrogens with zero attached hydrogens (tertiary/aromatic N) is 3. The van der Waals surface area contributed by atoms with Gasteiger partial charge in [0.05, 0.1) is 12.0 Å². The Balaban J connectivity index is 1.87. The Morgan fingerprint density at radius 2 is 2.08 bits per heavy atom. The molecule has 0 aliphatic rings. The number of aromatic nitrogens is 2. The monoisotopic (exact) mass is 365 g/mol. The topological polar surface area (TPSA) is 127 Å². The second-order valence-corrected chi connectivity index (χ2v) is 6.30. The van der Waals surface area contributed by atoms with Gasteiger partial charge in [0.15, 0.2) is 19.0 Å². The Kier molecular flexibility index (Phi) is 5.75. The first kappa shape index (κ1) is 19.2. The molecule has 0 aliphatic carbocycles. The molecular formula is C16H19N3O7. The zero-order valence-corrected chi connectivity index (χ0v) is 14.8. The van der Waals surface area contributed by atoms with Crippen molar-refractivity contribution in [2.75, 3.05) is 13.7 Å². The Bertz CT molecular complexity index is 795. The summed E-state index contributed by atoms with van der Waals surface area (Å²) in [5, 5.41) is 14.7. The van der Waals surface area contributed by atoms with Crippen LogP contribution in [0, 0.1) is 10.1 Å². The average Bonchev–Trinajstić information content (AvgIpc) is 3.07. The van der Waals surface area contributed by atoms with Crippen LogP contribution in [-0.2, 0) is 21.6 Å². The summed E-state index contributed by atoms with van der Waals surface area (Å²) >= 11 is 0. The summed E-state index contributed by atoms with van der Waals surface area (Å²) in [6.07, 6.45) is 0. The molecule has 0 unspecified atom stereocenters. The van der Waals surface area contributed by atoms with Crippen molar-refractivity contribution in [2.24, 2.45) is 0 Å². The average molecular weight is 365 g/mol. The van der Waals surface area contributed by atoms with Crippen molar-refractivity contribution in [1.82, 2.24) is 10.1 Å². The van der Waals surface area contributed by atoms with Gasteiger partial charge in [0.1, 0.15) is 5.75 Å². The van der Waals surface area contributed by atoms with Crippen molar-refractivity contribution >= 4 is 11.7 Å². The molecular weight excluding hydrogens is 346 g/mol. The maximum Gasteiger partial charge on any atom is 0.344 e. The van der Waals surface area contributed by atoms with E-state index in [1.54, 1.807) is 0 Å². The molecule has 10 heteroatoms. The predicted molar refractivity (Wildman–Crippen MR) is 87.9 cm³/mol. The van der Waals surface area contributed by atoms with Gasteiger partial charge in [0.25, 0.3) is 5.89 Å². The molecule has 1 heterocycles. The summed E-state index contributed by atoms with van der Waals surface area (Å²) in [6, 6.07) is 3.91. The van der Waals surface area contributed by atoms with E-state index in [1.165, 1.54) is 25.3 Å². The van der Waals surface area contributed by atoms with Crippen LogP contribution in [0.3, 0.4) is 0 Å². The quantitative estimate of drug-likeness (QED) is 0.413. The Labute approximate surface area is 149 Å². The second kappa shape index (κ2) is 7.81. The molecule has 0 atom stereocenters. The van der Waals surface area contributed by atoms with Gasteiger partial charge in [-0.3, -0.25) is 10.1 Å². The van der Waals surface area contributed by atoms with E-state index in [4.69, 9.17) is 18.7 Å². The highest BCUT2D eigenvalue weighted by molar-refractivity contribution is 5.71. The molecule has 140 valence electrons. The van der Waals surface area contributed by atoms with Crippen molar-refractivity contribution in [1.29, 1.82) is 0 Å². The molecule has 1 aromatic carbocycles. The van der Waals surface area contributed by atoms with Gasteiger partial charge < -0.3 is 18.7 Å². The molecule has 26 heavy (non-hydrogen) atoms. The van der Waals surface area contributed by atoms with E-state index in [-0.39, 0.29) is 41.7 Å². The Morgan fingerprint density at radius 3 is 2.65 bits per heavy atom. The molecule has 0 saturated heterocycles. The van der Waals surface area contributed by atoms with Crippen LogP contribution in [0.2, 0.25) is 0 Å². The highest BCUT2D eigenvalue weighted by Crippen LogP contribution is 2.30. The molecule has 0 aliphatic heterocycles. The molecule has 0 amide bonds. The first-order valence-corrected chi connectivity index (χ1v) is 7.64. The van der Waals surface area contributed by atoms with Crippen molar-refractivity contribution in [3.8, 4) is 11.5 Å². The number of nitro benzene ring substituents is 1. The molecule has 0 N–H and O–H groups in total. The number of rotatable bonds is 7. The minimum Gasteiger partial charge on any atom is -0.490 e. The van der Waals surface area contributed by atoms with E-state index in [0.29, 0.717) is 5.82 Å². The predicted octanol–water partition coefficient (Wildman–Crippen LogP) is 2.41. The van der Waals surface area contributed by atoms with Crippen molar-refractivity contribution < 1.29 is 28.5 Å². The molecule has 0 saturated carbocycles. The summed E-state index contributed by atoms with van der Waals surface area (Å²) in [7, 11) is 1.30. The fourth-order valence-corrected chi connectivity index (χ4v) is 1.84. The number of hydrogen-bond donors (Lipinski definition) is 0. The normalized spacial score (nSPS) is 11.1. The van der Waals surface area contributed by atoms with E-state index in [9.17, 15) is 14.9 Å². The molecule has 0 bridgehead atoms. The Hall–Kier alpha value is -3.17. The van der Waals surface area contributed by atoms with E-state index < -0.39 is 10.9 Å². The number of ether oxygens (including phenoxy) is 3. The maximum absolute atomic E-state index is 11.7. The van der Waals surface area contributed by atoms with Gasteiger partial charge in [-0.05, 0) is 6.07 Å². The van der Waals surface area contributed by atoms with Crippen LogP contribution in [0.4, 0.5) is 5.69 Å². The number of methoxy groups -OCH3 is 1. The van der Waals surface area contributed by atoms with Crippen molar-refractivity contribution in [3.63, 3.8) is 0 Å². The van der Waals surface area contributed by atoms with E-state index in [2.05, 4.69) is 10.1 Å². The smallest absolute Gasteiger partial charge is 0.344 e. The first-order valence-electron chi connectivity index (χ1n) is 7.64. The molecule has 1 aromatic heterocycles. The van der Waals surface area contributed by atoms with Crippen LogP contribution in [0.5, 0.6) is 11.5 Å². The molecule has 2 rings (SSSR count). The molecule has 10 nitrogen and oxygen atoms in total. The van der Waals surface area contributed by atoms with Gasteiger partial charge in [-0.1, -0.05) is 25.9 Å². The van der Waals surface area contributed by atoms with E-state index in [0.717, 1.165) is 0 Å². The van der Waals surface area contributed by atoms with Gasteiger partial charge in [-0.25, -0.2) is 4.79 Å². The highest BCUT2D eigenvalue weighted by atomic mass is 16.6. The Morgan fingerprint density at radius 1 is 1.35 bits per heavy atom. The first-order chi connectivity index (χ1) is 12.2. The number of hydrogen-bond acceptors (Lipinski definition) is 9. The van der Waals surface area contributed by atoms with Crippen LogP contribution < -0.4 is 9.47 Å². The van der Waals surface area contributed by atoms with E-state index in [1.807, 2.05) is 20.8 Å². The largest absolute Gasteiger partial charge is 0.490 e. The lowest BCUT2D eigenvalue weighted by Crippen LogP contribution is -2.15. The van der Waals surface area contributed by atoms with Gasteiger partial charge in [-0.15, -0.1) is 0 Å².